The van der Waals surface area contributed by atoms with Gasteiger partial charge < -0.3 is 5.32 Å². The van der Waals surface area contributed by atoms with E-state index in [1.54, 1.807) is 11.8 Å². The number of thioether (sulfide) groups is 2. The van der Waals surface area contributed by atoms with E-state index < -0.39 is 0 Å². The van der Waals surface area contributed by atoms with Gasteiger partial charge >= 0.3 is 0 Å². The van der Waals surface area contributed by atoms with Crippen molar-refractivity contribution >= 4 is 39.5 Å². The number of hydrogen-bond donors (Lipinski definition) is 1. The minimum atomic E-state index is 0.0955. The number of nitrogens with zero attached hydrogens (tertiary/aromatic N) is 1. The third-order valence-electron chi connectivity index (χ3n) is 3.01. The van der Waals surface area contributed by atoms with Gasteiger partial charge in [-0.05, 0) is 25.0 Å². The Morgan fingerprint density at radius 3 is 3.10 bits per heavy atom. The molecule has 0 radical (unpaired) electrons. The number of hydrogen-bond acceptors (Lipinski definition) is 4. The zero-order valence-electron chi connectivity index (χ0n) is 11.9. The highest BCUT2D eigenvalue weighted by molar-refractivity contribution is 8.38. The molecule has 1 amide bonds. The predicted octanol–water partition coefficient (Wildman–Crippen LogP) is 3.96. The molecule has 1 heterocycles. The first-order valence-electron chi connectivity index (χ1n) is 6.90. The van der Waals surface area contributed by atoms with Crippen LogP contribution in [0.4, 0.5) is 5.69 Å². The van der Waals surface area contributed by atoms with Gasteiger partial charge in [0.2, 0.25) is 5.91 Å². The fraction of sp³-hybridized carbons (Fsp3) is 0.467. The third-order valence-corrected chi connectivity index (χ3v) is 5.26. The van der Waals surface area contributed by atoms with Crippen molar-refractivity contribution in [3.8, 4) is 0 Å². The summed E-state index contributed by atoms with van der Waals surface area (Å²) in [5.41, 5.74) is 2.30. The van der Waals surface area contributed by atoms with Gasteiger partial charge in [0.25, 0.3) is 0 Å². The molecule has 0 unspecified atom stereocenters. The van der Waals surface area contributed by atoms with Crippen molar-refractivity contribution in [3.63, 3.8) is 0 Å². The summed E-state index contributed by atoms with van der Waals surface area (Å²) in [6.45, 7) is 4.18. The van der Waals surface area contributed by atoms with Crippen LogP contribution in [-0.4, -0.2) is 22.1 Å². The lowest BCUT2D eigenvalue weighted by molar-refractivity contribution is -0.119. The van der Waals surface area contributed by atoms with Crippen molar-refractivity contribution in [2.24, 2.45) is 4.99 Å². The molecule has 0 fully saturated rings. The molecule has 20 heavy (non-hydrogen) atoms. The average Bonchev–Trinajstić information content (AvgIpc) is 2.45. The molecule has 1 aliphatic rings. The zero-order chi connectivity index (χ0) is 14.4. The summed E-state index contributed by atoms with van der Waals surface area (Å²) in [6.07, 6.45) is 2.12. The second-order valence-electron chi connectivity index (χ2n) is 4.84. The molecule has 0 aromatic heterocycles. The van der Waals surface area contributed by atoms with Crippen molar-refractivity contribution in [1.82, 2.24) is 5.32 Å². The lowest BCUT2D eigenvalue weighted by atomic mass is 10.2. The second kappa shape index (κ2) is 7.74. The lowest BCUT2D eigenvalue weighted by Crippen LogP contribution is -2.33. The number of fused-ring (bicyclic) bond motifs is 1. The van der Waals surface area contributed by atoms with Crippen LogP contribution in [0.15, 0.2) is 29.3 Å². The molecule has 1 N–H and O–H groups in total. The molecule has 108 valence electrons. The van der Waals surface area contributed by atoms with Gasteiger partial charge in [0.1, 0.15) is 4.38 Å². The highest BCUT2D eigenvalue weighted by Gasteiger charge is 2.14. The zero-order valence-corrected chi connectivity index (χ0v) is 13.5. The number of benzene rings is 1. The van der Waals surface area contributed by atoms with E-state index in [1.165, 1.54) is 17.3 Å². The Morgan fingerprint density at radius 2 is 2.30 bits per heavy atom. The van der Waals surface area contributed by atoms with Crippen LogP contribution in [0.3, 0.4) is 0 Å². The molecule has 0 spiro atoms. The van der Waals surface area contributed by atoms with Crippen molar-refractivity contribution in [3.05, 3.63) is 29.8 Å². The number of aliphatic imine (C=N–C) groups is 1. The Kier molecular flexibility index (Phi) is 5.98. The van der Waals surface area contributed by atoms with Crippen LogP contribution in [0.2, 0.25) is 0 Å². The quantitative estimate of drug-likeness (QED) is 0.895. The van der Waals surface area contributed by atoms with Crippen molar-refractivity contribution in [1.29, 1.82) is 0 Å². The third kappa shape index (κ3) is 4.56. The molecule has 5 heteroatoms. The van der Waals surface area contributed by atoms with Crippen LogP contribution in [0.1, 0.15) is 32.3 Å². The van der Waals surface area contributed by atoms with Gasteiger partial charge in [-0.2, -0.15) is 0 Å². The molecule has 1 atom stereocenters. The van der Waals surface area contributed by atoms with Gasteiger partial charge in [0, 0.05) is 11.8 Å². The van der Waals surface area contributed by atoms with Crippen LogP contribution in [0.5, 0.6) is 0 Å². The molecule has 0 saturated heterocycles. The SMILES string of the molecule is CCC[C@H](C)NC(=O)CSC1=Nc2ccccc2CS1. The number of rotatable bonds is 5. The Balaban J connectivity index is 1.83. The first-order valence-corrected chi connectivity index (χ1v) is 8.87. The Morgan fingerprint density at radius 1 is 1.50 bits per heavy atom. The van der Waals surface area contributed by atoms with Gasteiger partial charge in [-0.25, -0.2) is 4.99 Å². The van der Waals surface area contributed by atoms with Gasteiger partial charge in [-0.1, -0.05) is 55.1 Å². The Labute approximate surface area is 129 Å². The summed E-state index contributed by atoms with van der Waals surface area (Å²) >= 11 is 3.24. The molecule has 1 aromatic rings. The number of amides is 1. The molecule has 1 aliphatic heterocycles. The van der Waals surface area contributed by atoms with Crippen molar-refractivity contribution < 1.29 is 4.79 Å². The van der Waals surface area contributed by atoms with E-state index in [0.717, 1.165) is 28.7 Å². The summed E-state index contributed by atoms with van der Waals surface area (Å²) in [5.74, 6) is 1.48. The maximum Gasteiger partial charge on any atom is 0.230 e. The first-order chi connectivity index (χ1) is 9.69. The number of carbonyl (C=O) groups excluding carboxylic acids is 1. The van der Waals surface area contributed by atoms with Gasteiger partial charge in [-0.15, -0.1) is 0 Å². The predicted molar refractivity (Wildman–Crippen MR) is 89.8 cm³/mol. The van der Waals surface area contributed by atoms with Crippen LogP contribution in [0.25, 0.3) is 0 Å². The molecule has 0 saturated carbocycles. The molecule has 1 aromatic carbocycles. The normalized spacial score (nSPS) is 15.2. The molecule has 2 rings (SSSR count). The molecular formula is C15H20N2OS2. The number of para-hydroxylation sites is 1. The number of carbonyl (C=O) groups is 1. The Hall–Kier alpha value is -0.940. The fourth-order valence-electron chi connectivity index (χ4n) is 2.03. The van der Waals surface area contributed by atoms with E-state index in [4.69, 9.17) is 0 Å². The van der Waals surface area contributed by atoms with Crippen LogP contribution < -0.4 is 5.32 Å². The summed E-state index contributed by atoms with van der Waals surface area (Å²) in [7, 11) is 0. The van der Waals surface area contributed by atoms with E-state index in [2.05, 4.69) is 30.2 Å². The average molecular weight is 308 g/mol. The summed E-state index contributed by atoms with van der Waals surface area (Å²) in [5, 5.41) is 3.02. The second-order valence-corrected chi connectivity index (χ2v) is 7.03. The van der Waals surface area contributed by atoms with Crippen molar-refractivity contribution in [2.75, 3.05) is 5.75 Å². The molecule has 0 bridgehead atoms. The van der Waals surface area contributed by atoms with E-state index >= 15 is 0 Å². The maximum absolute atomic E-state index is 11.8. The van der Waals surface area contributed by atoms with Crippen LogP contribution in [-0.2, 0) is 10.5 Å². The lowest BCUT2D eigenvalue weighted by Gasteiger charge is -2.15. The van der Waals surface area contributed by atoms with E-state index in [9.17, 15) is 4.79 Å². The maximum atomic E-state index is 11.8. The summed E-state index contributed by atoms with van der Waals surface area (Å²) < 4.78 is 0.988. The van der Waals surface area contributed by atoms with Crippen LogP contribution in [0, 0.1) is 0 Å². The molecule has 3 nitrogen and oxygen atoms in total. The number of nitrogens with one attached hydrogen (secondary N) is 1. The first kappa shape index (κ1) is 15.4. The highest BCUT2D eigenvalue weighted by atomic mass is 32.2. The molecular weight excluding hydrogens is 288 g/mol. The van der Waals surface area contributed by atoms with E-state index in [0.29, 0.717) is 5.75 Å². The topological polar surface area (TPSA) is 41.5 Å². The fourth-order valence-corrected chi connectivity index (χ4v) is 3.91. The Bertz CT molecular complexity index is 502. The van der Waals surface area contributed by atoms with Crippen molar-refractivity contribution in [2.45, 2.75) is 38.5 Å². The largest absolute Gasteiger partial charge is 0.353 e. The van der Waals surface area contributed by atoms with Gasteiger partial charge in [-0.3, -0.25) is 4.79 Å². The standard InChI is InChI=1S/C15H20N2OS2/c1-3-6-11(2)16-14(18)10-20-15-17-13-8-5-4-7-12(13)9-19-15/h4-5,7-8,11H,3,6,9-10H2,1-2H3,(H,16,18)/t11-/m0/s1. The summed E-state index contributed by atoms with van der Waals surface area (Å²) in [6, 6.07) is 8.43. The molecule has 0 aliphatic carbocycles. The smallest absolute Gasteiger partial charge is 0.230 e. The minimum absolute atomic E-state index is 0.0955. The monoisotopic (exact) mass is 308 g/mol. The minimum Gasteiger partial charge on any atom is -0.353 e. The summed E-state index contributed by atoms with van der Waals surface area (Å²) in [4.78, 5) is 16.4. The van der Waals surface area contributed by atoms with E-state index in [-0.39, 0.29) is 11.9 Å². The van der Waals surface area contributed by atoms with Gasteiger partial charge in [0.05, 0.1) is 11.4 Å². The van der Waals surface area contributed by atoms with Gasteiger partial charge in [0.15, 0.2) is 0 Å². The van der Waals surface area contributed by atoms with E-state index in [1.807, 2.05) is 18.2 Å². The highest BCUT2D eigenvalue weighted by Crippen LogP contribution is 2.34. The van der Waals surface area contributed by atoms with Crippen LogP contribution >= 0.6 is 23.5 Å².